The molecule has 146 valence electrons. The van der Waals surface area contributed by atoms with Gasteiger partial charge in [0.15, 0.2) is 5.13 Å². The molecule has 2 aromatic carbocycles. The first-order chi connectivity index (χ1) is 14.0. The normalized spacial score (nSPS) is 10.9. The van der Waals surface area contributed by atoms with Crippen molar-refractivity contribution < 1.29 is 9.21 Å². The van der Waals surface area contributed by atoms with Crippen LogP contribution < -0.4 is 5.32 Å². The van der Waals surface area contributed by atoms with Gasteiger partial charge in [0, 0.05) is 28.1 Å². The van der Waals surface area contributed by atoms with Crippen LogP contribution in [-0.2, 0) is 6.42 Å². The average Bonchev–Trinajstić information content (AvgIpc) is 3.30. The van der Waals surface area contributed by atoms with Gasteiger partial charge in [-0.15, -0.1) is 11.3 Å². The molecule has 2 aromatic heterocycles. The molecule has 2 heterocycles. The number of aromatic nitrogens is 1. The molecule has 0 aliphatic rings. The van der Waals surface area contributed by atoms with Crippen molar-refractivity contribution in [2.45, 2.75) is 20.3 Å². The number of carbonyl (C=O) groups is 1. The molecule has 1 amide bonds. The highest BCUT2D eigenvalue weighted by Gasteiger charge is 2.17. The molecule has 29 heavy (non-hydrogen) atoms. The maximum Gasteiger partial charge on any atom is 0.261 e. The van der Waals surface area contributed by atoms with Crippen molar-refractivity contribution in [1.82, 2.24) is 4.98 Å². The zero-order valence-corrected chi connectivity index (χ0v) is 17.6. The third-order valence-corrected chi connectivity index (χ3v) is 5.88. The van der Waals surface area contributed by atoms with Crippen LogP contribution in [0.2, 0.25) is 5.02 Å². The first-order valence-electron chi connectivity index (χ1n) is 9.16. The maximum absolute atomic E-state index is 12.7. The van der Waals surface area contributed by atoms with Crippen LogP contribution in [0.3, 0.4) is 0 Å². The first-order valence-corrected chi connectivity index (χ1v) is 10.4. The number of carbonyl (C=O) groups excluding carboxylic acids is 1. The number of thiazole rings is 1. The fourth-order valence-electron chi connectivity index (χ4n) is 3.01. The van der Waals surface area contributed by atoms with Crippen LogP contribution in [0.15, 0.2) is 65.2 Å². The van der Waals surface area contributed by atoms with E-state index in [1.54, 1.807) is 19.2 Å². The number of furan rings is 1. The number of nitrogens with one attached hydrogen (secondary N) is 1. The second-order valence-electron chi connectivity index (χ2n) is 6.80. The molecular formula is C23H19ClN2O2S. The van der Waals surface area contributed by atoms with Crippen LogP contribution in [0.4, 0.5) is 5.13 Å². The van der Waals surface area contributed by atoms with Gasteiger partial charge in [0.05, 0.1) is 5.56 Å². The van der Waals surface area contributed by atoms with E-state index in [-0.39, 0.29) is 5.91 Å². The minimum atomic E-state index is -0.233. The van der Waals surface area contributed by atoms with E-state index < -0.39 is 0 Å². The SMILES string of the molecule is Cc1ccc(-c2cc(C(=O)Nc3ncc(Cc4ccccc4Cl)s3)c(C)o2)cc1. The molecular weight excluding hydrogens is 404 g/mol. The van der Waals surface area contributed by atoms with E-state index in [0.29, 0.717) is 28.6 Å². The third-order valence-electron chi connectivity index (χ3n) is 4.60. The Morgan fingerprint density at radius 3 is 2.66 bits per heavy atom. The van der Waals surface area contributed by atoms with Crippen LogP contribution in [0.25, 0.3) is 11.3 Å². The number of rotatable bonds is 5. The highest BCUT2D eigenvalue weighted by Crippen LogP contribution is 2.28. The van der Waals surface area contributed by atoms with Crippen LogP contribution >= 0.6 is 22.9 Å². The molecule has 6 heteroatoms. The molecule has 0 fully saturated rings. The number of amides is 1. The third kappa shape index (κ3) is 4.42. The Morgan fingerprint density at radius 2 is 1.90 bits per heavy atom. The van der Waals surface area contributed by atoms with Crippen molar-refractivity contribution in [2.24, 2.45) is 0 Å². The summed E-state index contributed by atoms with van der Waals surface area (Å²) in [7, 11) is 0. The monoisotopic (exact) mass is 422 g/mol. The van der Waals surface area contributed by atoms with Crippen LogP contribution in [0.5, 0.6) is 0 Å². The maximum atomic E-state index is 12.7. The van der Waals surface area contributed by atoms with E-state index in [1.807, 2.05) is 55.5 Å². The fourth-order valence-corrected chi connectivity index (χ4v) is 4.04. The van der Waals surface area contributed by atoms with E-state index in [4.69, 9.17) is 16.0 Å². The molecule has 0 radical (unpaired) electrons. The van der Waals surface area contributed by atoms with Gasteiger partial charge in [0.2, 0.25) is 0 Å². The highest BCUT2D eigenvalue weighted by molar-refractivity contribution is 7.15. The second-order valence-corrected chi connectivity index (χ2v) is 8.32. The quantitative estimate of drug-likeness (QED) is 0.398. The van der Waals surface area contributed by atoms with Crippen LogP contribution in [0.1, 0.15) is 32.1 Å². The summed E-state index contributed by atoms with van der Waals surface area (Å²) in [6.45, 7) is 3.82. The molecule has 4 rings (SSSR count). The lowest BCUT2D eigenvalue weighted by molar-refractivity contribution is 0.102. The molecule has 0 unspecified atom stereocenters. The van der Waals surface area contributed by atoms with E-state index >= 15 is 0 Å². The van der Waals surface area contributed by atoms with Gasteiger partial charge in [-0.2, -0.15) is 0 Å². The van der Waals surface area contributed by atoms with Gasteiger partial charge in [-0.3, -0.25) is 10.1 Å². The Morgan fingerprint density at radius 1 is 1.14 bits per heavy atom. The summed E-state index contributed by atoms with van der Waals surface area (Å²) in [5, 5.41) is 4.15. The Kier molecular flexibility index (Phi) is 5.51. The van der Waals surface area contributed by atoms with Crippen LogP contribution in [0, 0.1) is 13.8 Å². The summed E-state index contributed by atoms with van der Waals surface area (Å²) in [5.41, 5.74) is 3.65. The molecule has 0 spiro atoms. The van der Waals surface area contributed by atoms with Gasteiger partial charge in [0.25, 0.3) is 5.91 Å². The fraction of sp³-hybridized carbons (Fsp3) is 0.130. The largest absolute Gasteiger partial charge is 0.461 e. The lowest BCUT2D eigenvalue weighted by Gasteiger charge is -2.01. The summed E-state index contributed by atoms with van der Waals surface area (Å²) < 4.78 is 5.80. The molecule has 0 aliphatic heterocycles. The Labute approximate surface area is 178 Å². The summed E-state index contributed by atoms with van der Waals surface area (Å²) in [6.07, 6.45) is 2.44. The standard InChI is InChI=1S/C23H19ClN2O2S/c1-14-7-9-16(10-8-14)21-12-19(15(2)28-21)22(27)26-23-25-13-18(29-23)11-17-5-3-4-6-20(17)24/h3-10,12-13H,11H2,1-2H3,(H,25,26,27). The number of halogens is 1. The smallest absolute Gasteiger partial charge is 0.261 e. The van der Waals surface area contributed by atoms with Crippen molar-refractivity contribution in [3.05, 3.63) is 93.1 Å². The number of hydrogen-bond acceptors (Lipinski definition) is 4. The average molecular weight is 423 g/mol. The summed E-state index contributed by atoms with van der Waals surface area (Å²) in [4.78, 5) is 18.1. The molecule has 0 saturated heterocycles. The van der Waals surface area contributed by atoms with Crippen molar-refractivity contribution in [3.8, 4) is 11.3 Å². The minimum absolute atomic E-state index is 0.233. The number of aryl methyl sites for hydroxylation is 2. The van der Waals surface area contributed by atoms with Crippen molar-refractivity contribution in [3.63, 3.8) is 0 Å². The van der Waals surface area contributed by atoms with Crippen molar-refractivity contribution in [2.75, 3.05) is 5.32 Å². The van der Waals surface area contributed by atoms with Gasteiger partial charge >= 0.3 is 0 Å². The Balaban J connectivity index is 1.48. The molecule has 0 aliphatic carbocycles. The molecule has 0 saturated carbocycles. The van der Waals surface area contributed by atoms with Gasteiger partial charge in [-0.25, -0.2) is 4.98 Å². The number of hydrogen-bond donors (Lipinski definition) is 1. The molecule has 4 nitrogen and oxygen atoms in total. The summed E-state index contributed by atoms with van der Waals surface area (Å²) >= 11 is 7.67. The van der Waals surface area contributed by atoms with Gasteiger partial charge in [-0.05, 0) is 31.5 Å². The second kappa shape index (κ2) is 8.23. The first kappa shape index (κ1) is 19.4. The lowest BCUT2D eigenvalue weighted by Crippen LogP contribution is -2.11. The topological polar surface area (TPSA) is 55.1 Å². The predicted molar refractivity (Wildman–Crippen MR) is 118 cm³/mol. The molecule has 4 aromatic rings. The summed E-state index contributed by atoms with van der Waals surface area (Å²) in [6, 6.07) is 17.5. The van der Waals surface area contributed by atoms with Crippen molar-refractivity contribution in [1.29, 1.82) is 0 Å². The number of benzene rings is 2. The highest BCUT2D eigenvalue weighted by atomic mass is 35.5. The lowest BCUT2D eigenvalue weighted by atomic mass is 10.1. The van der Waals surface area contributed by atoms with Gasteiger partial charge in [-0.1, -0.05) is 59.6 Å². The van der Waals surface area contributed by atoms with Gasteiger partial charge in [0.1, 0.15) is 11.5 Å². The van der Waals surface area contributed by atoms with E-state index in [2.05, 4.69) is 10.3 Å². The van der Waals surface area contributed by atoms with E-state index in [0.717, 1.165) is 21.0 Å². The van der Waals surface area contributed by atoms with E-state index in [9.17, 15) is 4.79 Å². The number of anilines is 1. The van der Waals surface area contributed by atoms with Crippen molar-refractivity contribution >= 4 is 34.0 Å². The number of nitrogens with zero attached hydrogens (tertiary/aromatic N) is 1. The summed E-state index contributed by atoms with van der Waals surface area (Å²) in [5.74, 6) is 1.01. The molecule has 0 atom stereocenters. The Bertz CT molecular complexity index is 1160. The molecule has 1 N–H and O–H groups in total. The Hall–Kier alpha value is -2.89. The predicted octanol–water partition coefficient (Wildman–Crippen LogP) is 6.52. The van der Waals surface area contributed by atoms with Gasteiger partial charge < -0.3 is 4.42 Å². The molecule has 0 bridgehead atoms. The van der Waals surface area contributed by atoms with Crippen LogP contribution in [-0.4, -0.2) is 10.9 Å². The zero-order chi connectivity index (χ0) is 20.4. The minimum Gasteiger partial charge on any atom is -0.461 e. The zero-order valence-electron chi connectivity index (χ0n) is 16.0. The van der Waals surface area contributed by atoms with E-state index in [1.165, 1.54) is 16.9 Å².